The number of carboxylic acid groups (broad SMARTS) is 1. The molecule has 20 heavy (non-hydrogen) atoms. The van der Waals surface area contributed by atoms with Crippen molar-refractivity contribution in [2.24, 2.45) is 0 Å². The first-order valence-electron chi connectivity index (χ1n) is 5.44. The van der Waals surface area contributed by atoms with Crippen molar-refractivity contribution in [1.29, 1.82) is 0 Å². The van der Waals surface area contributed by atoms with Crippen LogP contribution in [-0.2, 0) is 0 Å². The topological polar surface area (TPSA) is 115 Å². The molecule has 104 valence electrons. The van der Waals surface area contributed by atoms with Crippen LogP contribution in [0.25, 0.3) is 0 Å². The minimum atomic E-state index is -0.879. The molecule has 0 fully saturated rings. The molecule has 0 aromatic heterocycles. The van der Waals surface area contributed by atoms with Crippen LogP contribution < -0.4 is 0 Å². The van der Waals surface area contributed by atoms with E-state index in [9.17, 15) is 9.59 Å². The fourth-order valence-corrected chi connectivity index (χ4v) is 1.31. The highest BCUT2D eigenvalue weighted by Crippen LogP contribution is 2.29. The zero-order valence-electron chi connectivity index (χ0n) is 10.2. The Balaban J connectivity index is 0.000000204. The Morgan fingerprint density at radius 2 is 1.45 bits per heavy atom. The van der Waals surface area contributed by atoms with E-state index in [1.165, 1.54) is 0 Å². The number of carboxylic acids is 1. The maximum absolute atomic E-state index is 10.2. The first-order valence-corrected chi connectivity index (χ1v) is 5.44. The van der Waals surface area contributed by atoms with Gasteiger partial charge in [0.2, 0.25) is 0 Å². The van der Waals surface area contributed by atoms with E-state index in [2.05, 4.69) is 0 Å². The van der Waals surface area contributed by atoms with E-state index in [-0.39, 0.29) is 11.3 Å². The number of carbonyl (C=O) groups is 2. The predicted molar refractivity (Wildman–Crippen MR) is 70.2 cm³/mol. The van der Waals surface area contributed by atoms with Gasteiger partial charge in [-0.3, -0.25) is 4.79 Å². The molecule has 0 aliphatic carbocycles. The molecule has 0 spiro atoms. The van der Waals surface area contributed by atoms with Crippen molar-refractivity contribution < 1.29 is 30.0 Å². The molecule has 6 heteroatoms. The van der Waals surface area contributed by atoms with Gasteiger partial charge in [-0.25, -0.2) is 4.79 Å². The summed E-state index contributed by atoms with van der Waals surface area (Å²) in [6.45, 7) is 0. The van der Waals surface area contributed by atoms with E-state index < -0.39 is 17.5 Å². The number of phenols is 3. The summed E-state index contributed by atoms with van der Waals surface area (Å²) in [7, 11) is 0. The number of benzene rings is 2. The number of phenolic OH excluding ortho intramolecular Hbond substituents is 3. The van der Waals surface area contributed by atoms with Crippen LogP contribution in [0.15, 0.2) is 42.5 Å². The van der Waals surface area contributed by atoms with Crippen molar-refractivity contribution in [3.8, 4) is 17.2 Å². The van der Waals surface area contributed by atoms with Gasteiger partial charge < -0.3 is 20.4 Å². The number of aldehydes is 1. The molecular weight excluding hydrogens is 264 g/mol. The highest BCUT2D eigenvalue weighted by Gasteiger charge is 2.07. The smallest absolute Gasteiger partial charge is 0.335 e. The first-order chi connectivity index (χ1) is 9.45. The number of aromatic carboxylic acids is 1. The van der Waals surface area contributed by atoms with Gasteiger partial charge in [-0.15, -0.1) is 0 Å². The summed E-state index contributed by atoms with van der Waals surface area (Å²) in [6, 6.07) is 10.2. The summed E-state index contributed by atoms with van der Waals surface area (Å²) in [5.41, 5.74) is 0.111. The Kier molecular flexibility index (Phi) is 5.11. The standard InChI is InChI=1S/C7H6O4.C7H6O2/c8-3-5-6(10)1-4(9)2-7(5)11;8-7(9)6-4-2-1-3-5-6/h1-3,9-11H;1-5H,(H,8,9). The summed E-state index contributed by atoms with van der Waals surface area (Å²) in [6.07, 6.45) is 0.310. The maximum Gasteiger partial charge on any atom is 0.335 e. The van der Waals surface area contributed by atoms with E-state index in [1.807, 2.05) is 0 Å². The summed E-state index contributed by atoms with van der Waals surface area (Å²) in [4.78, 5) is 20.4. The minimum Gasteiger partial charge on any atom is -0.508 e. The van der Waals surface area contributed by atoms with E-state index in [0.29, 0.717) is 11.8 Å². The molecule has 0 heterocycles. The molecule has 2 aromatic rings. The number of aromatic hydroxyl groups is 3. The maximum atomic E-state index is 10.2. The van der Waals surface area contributed by atoms with Crippen LogP contribution in [0.3, 0.4) is 0 Å². The molecule has 2 rings (SSSR count). The van der Waals surface area contributed by atoms with Crippen molar-refractivity contribution in [3.63, 3.8) is 0 Å². The van der Waals surface area contributed by atoms with Crippen molar-refractivity contribution >= 4 is 12.3 Å². The molecule has 6 nitrogen and oxygen atoms in total. The Morgan fingerprint density at radius 1 is 0.950 bits per heavy atom. The van der Waals surface area contributed by atoms with Gasteiger partial charge in [0.15, 0.2) is 6.29 Å². The molecule has 0 bridgehead atoms. The van der Waals surface area contributed by atoms with Crippen LogP contribution in [0, 0.1) is 0 Å². The fraction of sp³-hybridized carbons (Fsp3) is 0. The molecule has 0 unspecified atom stereocenters. The zero-order valence-corrected chi connectivity index (χ0v) is 10.2. The number of hydrogen-bond acceptors (Lipinski definition) is 5. The average molecular weight is 276 g/mol. The monoisotopic (exact) mass is 276 g/mol. The van der Waals surface area contributed by atoms with Gasteiger partial charge in [-0.05, 0) is 12.1 Å². The Bertz CT molecular complexity index is 583. The fourth-order valence-electron chi connectivity index (χ4n) is 1.31. The lowest BCUT2D eigenvalue weighted by atomic mass is 10.2. The number of rotatable bonds is 2. The third kappa shape index (κ3) is 4.02. The van der Waals surface area contributed by atoms with Crippen LogP contribution in [0.1, 0.15) is 20.7 Å². The second kappa shape index (κ2) is 6.79. The predicted octanol–water partition coefficient (Wildman–Crippen LogP) is 2.00. The summed E-state index contributed by atoms with van der Waals surface area (Å²) < 4.78 is 0. The second-order valence-corrected chi connectivity index (χ2v) is 3.69. The third-order valence-electron chi connectivity index (χ3n) is 2.26. The van der Waals surface area contributed by atoms with Crippen molar-refractivity contribution in [2.75, 3.05) is 0 Å². The normalized spacial score (nSPS) is 9.20. The summed E-state index contributed by atoms with van der Waals surface area (Å²) in [5.74, 6) is -2.03. The number of hydrogen-bond donors (Lipinski definition) is 4. The van der Waals surface area contributed by atoms with Crippen LogP contribution in [-0.4, -0.2) is 32.7 Å². The highest BCUT2D eigenvalue weighted by atomic mass is 16.4. The first kappa shape index (κ1) is 15.0. The molecule has 0 aliphatic rings. The minimum absolute atomic E-state index is 0.220. The Labute approximate surface area is 114 Å². The van der Waals surface area contributed by atoms with Gasteiger partial charge in [-0.1, -0.05) is 18.2 Å². The van der Waals surface area contributed by atoms with Gasteiger partial charge in [0, 0.05) is 12.1 Å². The lowest BCUT2D eigenvalue weighted by Gasteiger charge is -2.00. The zero-order chi connectivity index (χ0) is 15.1. The third-order valence-corrected chi connectivity index (χ3v) is 2.26. The van der Waals surface area contributed by atoms with E-state index >= 15 is 0 Å². The van der Waals surface area contributed by atoms with Crippen LogP contribution in [0.2, 0.25) is 0 Å². The molecule has 0 aliphatic heterocycles. The lowest BCUT2D eigenvalue weighted by molar-refractivity contribution is 0.0696. The van der Waals surface area contributed by atoms with E-state index in [4.69, 9.17) is 20.4 Å². The van der Waals surface area contributed by atoms with E-state index in [1.54, 1.807) is 30.3 Å². The largest absolute Gasteiger partial charge is 0.508 e. The molecule has 0 radical (unpaired) electrons. The number of carbonyl (C=O) groups excluding carboxylic acids is 1. The van der Waals surface area contributed by atoms with Crippen molar-refractivity contribution in [2.45, 2.75) is 0 Å². The van der Waals surface area contributed by atoms with Gasteiger partial charge >= 0.3 is 5.97 Å². The Morgan fingerprint density at radius 3 is 1.80 bits per heavy atom. The quantitative estimate of drug-likeness (QED) is 0.623. The van der Waals surface area contributed by atoms with E-state index in [0.717, 1.165) is 12.1 Å². The van der Waals surface area contributed by atoms with Crippen molar-refractivity contribution in [1.82, 2.24) is 0 Å². The average Bonchev–Trinajstić information content (AvgIpc) is 2.40. The molecule has 0 atom stereocenters. The van der Waals surface area contributed by atoms with Crippen LogP contribution in [0.4, 0.5) is 0 Å². The van der Waals surface area contributed by atoms with Gasteiger partial charge in [0.1, 0.15) is 17.2 Å². The summed E-state index contributed by atoms with van der Waals surface area (Å²) >= 11 is 0. The second-order valence-electron chi connectivity index (χ2n) is 3.69. The highest BCUT2D eigenvalue weighted by molar-refractivity contribution is 5.87. The van der Waals surface area contributed by atoms with Gasteiger partial charge in [0.25, 0.3) is 0 Å². The molecule has 0 saturated heterocycles. The summed E-state index contributed by atoms with van der Waals surface area (Å²) in [5, 5.41) is 35.0. The molecule has 0 saturated carbocycles. The molecule has 4 N–H and O–H groups in total. The lowest BCUT2D eigenvalue weighted by Crippen LogP contribution is -1.93. The van der Waals surface area contributed by atoms with Gasteiger partial charge in [-0.2, -0.15) is 0 Å². The molecular formula is C14H12O6. The molecule has 0 amide bonds. The molecule has 2 aromatic carbocycles. The Hall–Kier alpha value is -3.02. The van der Waals surface area contributed by atoms with Crippen LogP contribution in [0.5, 0.6) is 17.2 Å². The van der Waals surface area contributed by atoms with Gasteiger partial charge in [0.05, 0.1) is 11.1 Å². The van der Waals surface area contributed by atoms with Crippen LogP contribution >= 0.6 is 0 Å². The SMILES string of the molecule is O=C(O)c1ccccc1.O=Cc1c(O)cc(O)cc1O. The van der Waals surface area contributed by atoms with Crippen molar-refractivity contribution in [3.05, 3.63) is 53.6 Å².